The van der Waals surface area contributed by atoms with E-state index in [1.807, 2.05) is 24.3 Å². The molecule has 3 heteroatoms. The van der Waals surface area contributed by atoms with Gasteiger partial charge in [0.25, 0.3) is 0 Å². The molecule has 0 radical (unpaired) electrons. The molecule has 1 unspecified atom stereocenters. The smallest absolute Gasteiger partial charge is 0.0997 e. The molecule has 0 saturated heterocycles. The monoisotopic (exact) mass is 250 g/mol. The number of rotatable bonds is 5. The van der Waals surface area contributed by atoms with Crippen LogP contribution in [-0.4, -0.2) is 11.6 Å². The van der Waals surface area contributed by atoms with Crippen LogP contribution >= 0.6 is 11.6 Å². The number of halogens is 1. The summed E-state index contributed by atoms with van der Waals surface area (Å²) in [5.74, 6) is 0. The molecule has 0 aliphatic rings. The first kappa shape index (κ1) is 14.0. The first-order chi connectivity index (χ1) is 7.96. The molecular weight excluding hydrogens is 232 g/mol. The van der Waals surface area contributed by atoms with Gasteiger partial charge in [-0.1, -0.05) is 30.7 Å². The molecule has 0 aromatic heterocycles. The van der Waals surface area contributed by atoms with E-state index in [2.05, 4.69) is 32.2 Å². The molecule has 1 aromatic carbocycles. The minimum atomic E-state index is -0.161. The molecule has 0 heterocycles. The Labute approximate surface area is 109 Å². The summed E-state index contributed by atoms with van der Waals surface area (Å²) < 4.78 is 0. The summed E-state index contributed by atoms with van der Waals surface area (Å²) in [7, 11) is 0. The predicted molar refractivity (Wildman–Crippen MR) is 72.1 cm³/mol. The van der Waals surface area contributed by atoms with Crippen LogP contribution in [0.2, 0.25) is 5.02 Å². The van der Waals surface area contributed by atoms with Crippen LogP contribution in [0.1, 0.15) is 32.8 Å². The highest BCUT2D eigenvalue weighted by Gasteiger charge is 2.19. The maximum absolute atomic E-state index is 9.16. The van der Waals surface area contributed by atoms with Crippen LogP contribution in [0.15, 0.2) is 24.3 Å². The zero-order valence-electron chi connectivity index (χ0n) is 10.6. The van der Waals surface area contributed by atoms with Gasteiger partial charge in [0.15, 0.2) is 0 Å². The predicted octanol–water partition coefficient (Wildman–Crippen LogP) is 3.55. The van der Waals surface area contributed by atoms with Gasteiger partial charge in [0.1, 0.15) is 0 Å². The minimum Gasteiger partial charge on any atom is -0.297 e. The number of benzene rings is 1. The Kier molecular flexibility index (Phi) is 4.99. The van der Waals surface area contributed by atoms with Gasteiger partial charge in [0, 0.05) is 17.0 Å². The van der Waals surface area contributed by atoms with Gasteiger partial charge in [-0.2, -0.15) is 5.26 Å². The Bertz CT molecular complexity index is 390. The van der Waals surface area contributed by atoms with Gasteiger partial charge >= 0.3 is 0 Å². The quantitative estimate of drug-likeness (QED) is 0.868. The molecule has 0 fully saturated rings. The van der Waals surface area contributed by atoms with E-state index in [0.717, 1.165) is 17.0 Å². The summed E-state index contributed by atoms with van der Waals surface area (Å²) in [5.41, 5.74) is 1.12. The fraction of sp³-hybridized carbons (Fsp3) is 0.500. The van der Waals surface area contributed by atoms with Crippen molar-refractivity contribution in [2.75, 3.05) is 0 Å². The Balaban J connectivity index is 2.65. The van der Waals surface area contributed by atoms with Crippen LogP contribution in [-0.2, 0) is 6.42 Å². The van der Waals surface area contributed by atoms with E-state index < -0.39 is 0 Å². The van der Waals surface area contributed by atoms with E-state index in [1.54, 1.807) is 0 Å². The van der Waals surface area contributed by atoms with Crippen molar-refractivity contribution in [3.63, 3.8) is 0 Å². The second-order valence-corrected chi connectivity index (χ2v) is 5.33. The van der Waals surface area contributed by atoms with Crippen molar-refractivity contribution >= 4 is 11.6 Å². The van der Waals surface area contributed by atoms with E-state index in [9.17, 15) is 0 Å². The van der Waals surface area contributed by atoms with Crippen molar-refractivity contribution in [3.8, 4) is 6.07 Å². The summed E-state index contributed by atoms with van der Waals surface area (Å²) in [6, 6.07) is 9.80. The fourth-order valence-corrected chi connectivity index (χ4v) is 1.68. The van der Waals surface area contributed by atoms with E-state index >= 15 is 0 Å². The van der Waals surface area contributed by atoms with Gasteiger partial charge < -0.3 is 0 Å². The van der Waals surface area contributed by atoms with Crippen molar-refractivity contribution in [3.05, 3.63) is 34.9 Å². The van der Waals surface area contributed by atoms with E-state index in [0.29, 0.717) is 6.42 Å². The summed E-state index contributed by atoms with van der Waals surface area (Å²) in [5, 5.41) is 13.2. The van der Waals surface area contributed by atoms with Crippen LogP contribution < -0.4 is 5.32 Å². The van der Waals surface area contributed by atoms with Gasteiger partial charge in [-0.3, -0.25) is 5.32 Å². The number of hydrogen-bond acceptors (Lipinski definition) is 2. The summed E-state index contributed by atoms with van der Waals surface area (Å²) in [4.78, 5) is 0. The van der Waals surface area contributed by atoms with Crippen LogP contribution in [0.3, 0.4) is 0 Å². The zero-order valence-corrected chi connectivity index (χ0v) is 11.4. The lowest BCUT2D eigenvalue weighted by molar-refractivity contribution is 0.351. The Hall–Kier alpha value is -1.04. The number of nitriles is 1. The molecule has 0 aliphatic heterocycles. The van der Waals surface area contributed by atoms with Crippen LogP contribution in [0.4, 0.5) is 0 Å². The minimum absolute atomic E-state index is 0.00712. The van der Waals surface area contributed by atoms with E-state index in [1.165, 1.54) is 0 Å². The topological polar surface area (TPSA) is 35.8 Å². The number of nitrogens with zero attached hydrogens (tertiary/aromatic N) is 1. The maximum Gasteiger partial charge on any atom is 0.0997 e. The van der Waals surface area contributed by atoms with Crippen molar-refractivity contribution in [2.24, 2.45) is 0 Å². The molecule has 0 spiro atoms. The molecule has 92 valence electrons. The highest BCUT2D eigenvalue weighted by Crippen LogP contribution is 2.13. The fourth-order valence-electron chi connectivity index (χ4n) is 1.56. The zero-order chi connectivity index (χ0) is 12.9. The summed E-state index contributed by atoms with van der Waals surface area (Å²) in [6.45, 7) is 6.34. The highest BCUT2D eigenvalue weighted by atomic mass is 35.5. The normalized spacial score (nSPS) is 13.1. The number of nitrogens with one attached hydrogen (secondary N) is 1. The molecule has 0 saturated carbocycles. The second-order valence-electron chi connectivity index (χ2n) is 4.89. The molecule has 1 atom stereocenters. The van der Waals surface area contributed by atoms with Crippen molar-refractivity contribution in [1.82, 2.24) is 5.32 Å². The standard InChI is InChI=1S/C14H19ClN2/c1-4-14(2,3)17-13(10-16)9-11-5-7-12(15)8-6-11/h5-8,13,17H,4,9H2,1-3H3. The van der Waals surface area contributed by atoms with Crippen LogP contribution in [0.5, 0.6) is 0 Å². The molecule has 17 heavy (non-hydrogen) atoms. The maximum atomic E-state index is 9.16. The molecule has 2 nitrogen and oxygen atoms in total. The highest BCUT2D eigenvalue weighted by molar-refractivity contribution is 6.30. The first-order valence-corrected chi connectivity index (χ1v) is 6.26. The molecule has 1 rings (SSSR count). The van der Waals surface area contributed by atoms with Gasteiger partial charge in [-0.15, -0.1) is 0 Å². The molecule has 0 amide bonds. The van der Waals surface area contributed by atoms with Crippen LogP contribution in [0.25, 0.3) is 0 Å². The molecule has 0 aliphatic carbocycles. The largest absolute Gasteiger partial charge is 0.297 e. The SMILES string of the molecule is CCC(C)(C)NC(C#N)Cc1ccc(Cl)cc1. The van der Waals surface area contributed by atoms with Crippen LogP contribution in [0, 0.1) is 11.3 Å². The third-order valence-corrected chi connectivity index (χ3v) is 3.21. The lowest BCUT2D eigenvalue weighted by Gasteiger charge is -2.27. The number of hydrogen-bond donors (Lipinski definition) is 1. The molecule has 1 aromatic rings. The van der Waals surface area contributed by atoms with E-state index in [4.69, 9.17) is 16.9 Å². The average molecular weight is 251 g/mol. The van der Waals surface area contributed by atoms with Gasteiger partial charge in [-0.25, -0.2) is 0 Å². The van der Waals surface area contributed by atoms with Crippen molar-refractivity contribution in [2.45, 2.75) is 45.2 Å². The van der Waals surface area contributed by atoms with Crippen molar-refractivity contribution < 1.29 is 0 Å². The van der Waals surface area contributed by atoms with Gasteiger partial charge in [0.05, 0.1) is 12.1 Å². The first-order valence-electron chi connectivity index (χ1n) is 5.88. The van der Waals surface area contributed by atoms with Crippen molar-refractivity contribution in [1.29, 1.82) is 5.26 Å². The van der Waals surface area contributed by atoms with Gasteiger partial charge in [-0.05, 0) is 38.0 Å². The second kappa shape index (κ2) is 6.05. The third kappa shape index (κ3) is 4.77. The Morgan fingerprint density at radius 2 is 1.94 bits per heavy atom. The lowest BCUT2D eigenvalue weighted by Crippen LogP contribution is -2.45. The third-order valence-electron chi connectivity index (χ3n) is 2.96. The molecule has 1 N–H and O–H groups in total. The van der Waals surface area contributed by atoms with E-state index in [-0.39, 0.29) is 11.6 Å². The lowest BCUT2D eigenvalue weighted by atomic mass is 9.98. The van der Waals surface area contributed by atoms with Gasteiger partial charge in [0.2, 0.25) is 0 Å². The Morgan fingerprint density at radius 1 is 1.35 bits per heavy atom. The summed E-state index contributed by atoms with van der Waals surface area (Å²) >= 11 is 5.83. The Morgan fingerprint density at radius 3 is 2.41 bits per heavy atom. The summed E-state index contributed by atoms with van der Waals surface area (Å²) in [6.07, 6.45) is 1.70. The molecular formula is C14H19ClN2. The average Bonchev–Trinajstić information content (AvgIpc) is 2.31. The molecule has 0 bridgehead atoms.